The fourth-order valence-corrected chi connectivity index (χ4v) is 3.67. The molecule has 0 fully saturated rings. The average Bonchev–Trinajstić information content (AvgIpc) is 2.91. The molecule has 0 bridgehead atoms. The highest BCUT2D eigenvalue weighted by Gasteiger charge is 2.22. The Bertz CT molecular complexity index is 626. The normalized spacial score (nSPS) is 17.6. The van der Waals surface area contributed by atoms with Gasteiger partial charge in [-0.2, -0.15) is 0 Å². The monoisotopic (exact) mass is 292 g/mol. The van der Waals surface area contributed by atoms with Gasteiger partial charge in [0.15, 0.2) is 0 Å². The van der Waals surface area contributed by atoms with Gasteiger partial charge in [-0.15, -0.1) is 11.3 Å². The summed E-state index contributed by atoms with van der Waals surface area (Å²) in [7, 11) is 1.53. The molecule has 20 heavy (non-hydrogen) atoms. The van der Waals surface area contributed by atoms with Gasteiger partial charge in [0, 0.05) is 17.0 Å². The van der Waals surface area contributed by atoms with Crippen molar-refractivity contribution < 1.29 is 9.13 Å². The molecule has 1 aromatic carbocycles. The molecule has 3 nitrogen and oxygen atoms in total. The van der Waals surface area contributed by atoms with E-state index in [0.717, 1.165) is 19.3 Å². The minimum atomic E-state index is -0.342. The maximum Gasteiger partial charge on any atom is 0.148 e. The number of benzene rings is 1. The summed E-state index contributed by atoms with van der Waals surface area (Å²) < 4.78 is 19.2. The van der Waals surface area contributed by atoms with Crippen LogP contribution in [0.25, 0.3) is 0 Å². The number of anilines is 2. The standard InChI is InChI=1S/C15H17FN2OS/c1-19-14-8-13(10(16)7-11(14)17)18-12-3-2-4-15-9(12)5-6-20-15/h5-8,12,18H,2-4,17H2,1H3. The van der Waals surface area contributed by atoms with Crippen molar-refractivity contribution in [3.63, 3.8) is 0 Å². The van der Waals surface area contributed by atoms with Crippen molar-refractivity contribution >= 4 is 22.7 Å². The summed E-state index contributed by atoms with van der Waals surface area (Å²) >= 11 is 1.78. The second-order valence-electron chi connectivity index (χ2n) is 4.96. The Morgan fingerprint density at radius 3 is 3.10 bits per heavy atom. The maximum absolute atomic E-state index is 14.0. The first-order chi connectivity index (χ1) is 9.69. The number of fused-ring (bicyclic) bond motifs is 1. The number of aryl methyl sites for hydroxylation is 1. The molecule has 1 aliphatic carbocycles. The lowest BCUT2D eigenvalue weighted by Gasteiger charge is -2.25. The van der Waals surface area contributed by atoms with E-state index < -0.39 is 0 Å². The first-order valence-corrected chi connectivity index (χ1v) is 7.53. The van der Waals surface area contributed by atoms with Gasteiger partial charge < -0.3 is 15.8 Å². The van der Waals surface area contributed by atoms with Gasteiger partial charge in [0.2, 0.25) is 0 Å². The fraction of sp³-hybridized carbons (Fsp3) is 0.333. The van der Waals surface area contributed by atoms with Crippen LogP contribution in [0.4, 0.5) is 15.8 Å². The molecule has 3 N–H and O–H groups in total. The molecule has 1 aliphatic rings. The van der Waals surface area contributed by atoms with Crippen molar-refractivity contribution in [1.29, 1.82) is 0 Å². The predicted octanol–water partition coefficient (Wildman–Crippen LogP) is 3.97. The summed E-state index contributed by atoms with van der Waals surface area (Å²) in [6.07, 6.45) is 3.26. The molecule has 1 aromatic heterocycles. The number of hydrogen-bond donors (Lipinski definition) is 2. The first kappa shape index (κ1) is 13.2. The molecule has 106 valence electrons. The van der Waals surface area contributed by atoms with Crippen molar-refractivity contribution in [2.24, 2.45) is 0 Å². The van der Waals surface area contributed by atoms with Crippen molar-refractivity contribution in [2.45, 2.75) is 25.3 Å². The predicted molar refractivity (Wildman–Crippen MR) is 81.0 cm³/mol. The van der Waals surface area contributed by atoms with E-state index in [-0.39, 0.29) is 11.9 Å². The molecule has 1 atom stereocenters. The van der Waals surface area contributed by atoms with E-state index in [9.17, 15) is 4.39 Å². The maximum atomic E-state index is 14.0. The lowest BCUT2D eigenvalue weighted by Crippen LogP contribution is -2.16. The van der Waals surface area contributed by atoms with Crippen LogP contribution in [0.3, 0.4) is 0 Å². The van der Waals surface area contributed by atoms with Crippen LogP contribution in [-0.4, -0.2) is 7.11 Å². The molecular weight excluding hydrogens is 275 g/mol. The van der Waals surface area contributed by atoms with Crippen molar-refractivity contribution in [2.75, 3.05) is 18.2 Å². The lowest BCUT2D eigenvalue weighted by atomic mass is 9.94. The van der Waals surface area contributed by atoms with E-state index in [1.54, 1.807) is 17.4 Å². The fourth-order valence-electron chi connectivity index (χ4n) is 2.68. The van der Waals surface area contributed by atoms with Crippen LogP contribution in [0.5, 0.6) is 5.75 Å². The van der Waals surface area contributed by atoms with Crippen LogP contribution in [0, 0.1) is 5.82 Å². The zero-order valence-electron chi connectivity index (χ0n) is 11.3. The smallest absolute Gasteiger partial charge is 0.148 e. The summed E-state index contributed by atoms with van der Waals surface area (Å²) in [5.74, 6) is 0.154. The molecule has 0 saturated carbocycles. The second-order valence-corrected chi connectivity index (χ2v) is 5.96. The summed E-state index contributed by atoms with van der Waals surface area (Å²) in [5, 5.41) is 5.39. The third-order valence-electron chi connectivity index (χ3n) is 3.70. The van der Waals surface area contributed by atoms with Gasteiger partial charge in [-0.1, -0.05) is 0 Å². The molecule has 3 rings (SSSR count). The summed E-state index contributed by atoms with van der Waals surface area (Å²) in [4.78, 5) is 1.40. The summed E-state index contributed by atoms with van der Waals surface area (Å²) in [6, 6.07) is 5.22. The number of nitrogen functional groups attached to an aromatic ring is 1. The Morgan fingerprint density at radius 1 is 1.45 bits per heavy atom. The molecule has 1 heterocycles. The number of nitrogens with two attached hydrogens (primary N) is 1. The van der Waals surface area contributed by atoms with Gasteiger partial charge in [0.1, 0.15) is 11.6 Å². The Hall–Kier alpha value is -1.75. The van der Waals surface area contributed by atoms with E-state index in [2.05, 4.69) is 16.8 Å². The number of methoxy groups -OCH3 is 1. The van der Waals surface area contributed by atoms with Crippen molar-refractivity contribution in [1.82, 2.24) is 0 Å². The molecule has 0 amide bonds. The Labute approximate surface area is 121 Å². The average molecular weight is 292 g/mol. The van der Waals surface area contributed by atoms with Crippen LogP contribution in [0.1, 0.15) is 29.3 Å². The number of hydrogen-bond acceptors (Lipinski definition) is 4. The highest BCUT2D eigenvalue weighted by molar-refractivity contribution is 7.10. The third kappa shape index (κ3) is 2.33. The number of ether oxygens (including phenoxy) is 1. The molecule has 1 unspecified atom stereocenters. The zero-order chi connectivity index (χ0) is 14.1. The Kier molecular flexibility index (Phi) is 3.53. The highest BCUT2D eigenvalue weighted by Crippen LogP contribution is 2.37. The molecule has 0 radical (unpaired) electrons. The summed E-state index contributed by atoms with van der Waals surface area (Å²) in [6.45, 7) is 0. The minimum Gasteiger partial charge on any atom is -0.495 e. The molecular formula is C15H17FN2OS. The number of thiophene rings is 1. The van der Waals surface area contributed by atoms with Crippen molar-refractivity contribution in [3.05, 3.63) is 39.8 Å². The second kappa shape index (κ2) is 5.32. The van der Waals surface area contributed by atoms with Gasteiger partial charge in [-0.05, 0) is 36.3 Å². The quantitative estimate of drug-likeness (QED) is 0.842. The van der Waals surface area contributed by atoms with E-state index >= 15 is 0 Å². The van der Waals surface area contributed by atoms with Crippen LogP contribution in [-0.2, 0) is 6.42 Å². The van der Waals surface area contributed by atoms with Crippen LogP contribution in [0.15, 0.2) is 23.6 Å². The van der Waals surface area contributed by atoms with Gasteiger partial charge >= 0.3 is 0 Å². The summed E-state index contributed by atoms with van der Waals surface area (Å²) in [5.41, 5.74) is 7.75. The largest absolute Gasteiger partial charge is 0.495 e. The third-order valence-corrected chi connectivity index (χ3v) is 4.70. The number of nitrogens with one attached hydrogen (secondary N) is 1. The van der Waals surface area contributed by atoms with E-state index in [0.29, 0.717) is 17.1 Å². The van der Waals surface area contributed by atoms with Gasteiger partial charge in [-0.3, -0.25) is 0 Å². The Morgan fingerprint density at radius 2 is 2.30 bits per heavy atom. The first-order valence-electron chi connectivity index (χ1n) is 6.65. The van der Waals surface area contributed by atoms with Crippen molar-refractivity contribution in [3.8, 4) is 5.75 Å². The number of halogens is 1. The molecule has 0 aliphatic heterocycles. The van der Waals surface area contributed by atoms with Gasteiger partial charge in [-0.25, -0.2) is 4.39 Å². The van der Waals surface area contributed by atoms with E-state index in [4.69, 9.17) is 10.5 Å². The zero-order valence-corrected chi connectivity index (χ0v) is 12.1. The van der Waals surface area contributed by atoms with Crippen LogP contribution in [0.2, 0.25) is 0 Å². The van der Waals surface area contributed by atoms with Crippen LogP contribution >= 0.6 is 11.3 Å². The number of rotatable bonds is 3. The molecule has 0 spiro atoms. The highest BCUT2D eigenvalue weighted by atomic mass is 32.1. The van der Waals surface area contributed by atoms with Crippen LogP contribution < -0.4 is 15.8 Å². The minimum absolute atomic E-state index is 0.160. The van der Waals surface area contributed by atoms with E-state index in [1.807, 2.05) is 0 Å². The lowest BCUT2D eigenvalue weighted by molar-refractivity contribution is 0.416. The van der Waals surface area contributed by atoms with Gasteiger partial charge in [0.05, 0.1) is 24.5 Å². The topological polar surface area (TPSA) is 47.3 Å². The Balaban J connectivity index is 1.89. The SMILES string of the molecule is COc1cc(NC2CCCc3sccc32)c(F)cc1N. The molecule has 2 aromatic rings. The van der Waals surface area contributed by atoms with E-state index in [1.165, 1.54) is 23.6 Å². The molecule has 5 heteroatoms. The molecule has 0 saturated heterocycles. The van der Waals surface area contributed by atoms with Gasteiger partial charge in [0.25, 0.3) is 0 Å².